The predicted molar refractivity (Wildman–Crippen MR) is 74.3 cm³/mol. The average molecular weight is 299 g/mol. The van der Waals surface area contributed by atoms with Gasteiger partial charge in [0.1, 0.15) is 5.66 Å². The molecule has 0 aromatic heterocycles. The van der Waals surface area contributed by atoms with Crippen LogP contribution in [-0.2, 0) is 12.7 Å². The van der Waals surface area contributed by atoms with Crippen LogP contribution in [-0.4, -0.2) is 22.5 Å². The van der Waals surface area contributed by atoms with E-state index in [-0.39, 0.29) is 18.5 Å². The Balaban J connectivity index is 2.28. The van der Waals surface area contributed by atoms with Crippen molar-refractivity contribution >= 4 is 11.9 Å². The van der Waals surface area contributed by atoms with Crippen molar-refractivity contribution < 1.29 is 13.2 Å². The molecule has 1 aliphatic rings. The standard InChI is InChI=1S/C13H16F3N5/c1-12(2)20-10(17)19-11(18)21(12)7-8-4-3-5-9(6-8)13(14,15)16/h3-6H,7H2,1-2H3,(H4,17,18,19,20). The van der Waals surface area contributed by atoms with Gasteiger partial charge in [0.2, 0.25) is 11.9 Å². The van der Waals surface area contributed by atoms with Gasteiger partial charge in [-0.1, -0.05) is 12.1 Å². The quantitative estimate of drug-likeness (QED) is 0.875. The maximum Gasteiger partial charge on any atom is 0.416 e. The molecule has 0 bridgehead atoms. The Bertz CT molecular complexity index is 604. The first kappa shape index (κ1) is 15.1. The van der Waals surface area contributed by atoms with E-state index in [0.717, 1.165) is 12.1 Å². The smallest absolute Gasteiger partial charge is 0.369 e. The molecule has 0 unspecified atom stereocenters. The summed E-state index contributed by atoms with van der Waals surface area (Å²) in [4.78, 5) is 9.59. The maximum atomic E-state index is 12.7. The number of aliphatic imine (C=N–C) groups is 2. The van der Waals surface area contributed by atoms with E-state index < -0.39 is 17.4 Å². The van der Waals surface area contributed by atoms with Gasteiger partial charge in [-0.15, -0.1) is 0 Å². The Hall–Kier alpha value is -2.25. The SMILES string of the molecule is CC1(C)N=C(N)N=C(N)N1Cc1cccc(C(F)(F)F)c1. The van der Waals surface area contributed by atoms with Crippen LogP contribution in [0.4, 0.5) is 13.2 Å². The minimum Gasteiger partial charge on any atom is -0.369 e. The zero-order chi connectivity index (χ0) is 15.8. The van der Waals surface area contributed by atoms with Crippen LogP contribution >= 0.6 is 0 Å². The maximum absolute atomic E-state index is 12.7. The molecule has 0 atom stereocenters. The van der Waals surface area contributed by atoms with Crippen molar-refractivity contribution in [3.8, 4) is 0 Å². The number of nitrogens with zero attached hydrogens (tertiary/aromatic N) is 3. The molecule has 1 heterocycles. The molecule has 0 fully saturated rings. The largest absolute Gasteiger partial charge is 0.416 e. The summed E-state index contributed by atoms with van der Waals surface area (Å²) in [6.07, 6.45) is -4.38. The Labute approximate surface area is 120 Å². The molecule has 0 spiro atoms. The lowest BCUT2D eigenvalue weighted by Gasteiger charge is -2.38. The fourth-order valence-electron chi connectivity index (χ4n) is 2.13. The van der Waals surface area contributed by atoms with E-state index in [1.54, 1.807) is 24.8 Å². The van der Waals surface area contributed by atoms with Crippen LogP contribution < -0.4 is 11.5 Å². The molecular formula is C13H16F3N5. The van der Waals surface area contributed by atoms with Gasteiger partial charge in [-0.05, 0) is 31.5 Å². The van der Waals surface area contributed by atoms with E-state index in [9.17, 15) is 13.2 Å². The Morgan fingerprint density at radius 1 is 1.24 bits per heavy atom. The zero-order valence-electron chi connectivity index (χ0n) is 11.6. The first-order chi connectivity index (χ1) is 9.59. The van der Waals surface area contributed by atoms with E-state index in [1.165, 1.54) is 6.07 Å². The number of hydrogen-bond donors (Lipinski definition) is 2. The number of guanidine groups is 2. The van der Waals surface area contributed by atoms with Crippen molar-refractivity contribution in [2.45, 2.75) is 32.2 Å². The molecule has 2 rings (SSSR count). The molecule has 21 heavy (non-hydrogen) atoms. The van der Waals surface area contributed by atoms with Gasteiger partial charge in [0.25, 0.3) is 0 Å². The highest BCUT2D eigenvalue weighted by Crippen LogP contribution is 2.30. The number of nitrogens with two attached hydrogens (primary N) is 2. The fourth-order valence-corrected chi connectivity index (χ4v) is 2.13. The topological polar surface area (TPSA) is 80.0 Å². The summed E-state index contributed by atoms with van der Waals surface area (Å²) in [7, 11) is 0. The summed E-state index contributed by atoms with van der Waals surface area (Å²) in [6, 6.07) is 5.07. The zero-order valence-corrected chi connectivity index (χ0v) is 11.6. The number of benzene rings is 1. The molecule has 1 aromatic rings. The highest BCUT2D eigenvalue weighted by atomic mass is 19.4. The highest BCUT2D eigenvalue weighted by Gasteiger charge is 2.33. The Morgan fingerprint density at radius 2 is 1.90 bits per heavy atom. The van der Waals surface area contributed by atoms with Crippen molar-refractivity contribution in [1.82, 2.24) is 4.90 Å². The van der Waals surface area contributed by atoms with Crippen LogP contribution in [0.25, 0.3) is 0 Å². The minimum absolute atomic E-state index is 0.0535. The van der Waals surface area contributed by atoms with Gasteiger partial charge in [0, 0.05) is 6.54 Å². The molecule has 1 aliphatic heterocycles. The second-order valence-corrected chi connectivity index (χ2v) is 5.22. The normalized spacial score (nSPS) is 18.2. The summed E-state index contributed by atoms with van der Waals surface area (Å²) in [5.41, 5.74) is 10.3. The third-order valence-electron chi connectivity index (χ3n) is 3.15. The van der Waals surface area contributed by atoms with E-state index in [1.807, 2.05) is 0 Å². The molecule has 8 heteroatoms. The van der Waals surface area contributed by atoms with Crippen LogP contribution in [0, 0.1) is 0 Å². The average Bonchev–Trinajstić information content (AvgIpc) is 2.32. The number of alkyl halides is 3. The third-order valence-corrected chi connectivity index (χ3v) is 3.15. The van der Waals surface area contributed by atoms with Gasteiger partial charge in [0.05, 0.1) is 5.56 Å². The van der Waals surface area contributed by atoms with Crippen LogP contribution in [0.1, 0.15) is 25.0 Å². The van der Waals surface area contributed by atoms with Crippen molar-refractivity contribution in [1.29, 1.82) is 0 Å². The van der Waals surface area contributed by atoms with E-state index in [2.05, 4.69) is 9.98 Å². The summed E-state index contributed by atoms with van der Waals surface area (Å²) >= 11 is 0. The van der Waals surface area contributed by atoms with Gasteiger partial charge < -0.3 is 16.4 Å². The number of hydrogen-bond acceptors (Lipinski definition) is 5. The van der Waals surface area contributed by atoms with Crippen molar-refractivity contribution in [2.75, 3.05) is 0 Å². The summed E-state index contributed by atoms with van der Waals surface area (Å²) in [6.45, 7) is 3.67. The van der Waals surface area contributed by atoms with E-state index >= 15 is 0 Å². The lowest BCUT2D eigenvalue weighted by Crippen LogP contribution is -2.53. The molecule has 0 aliphatic carbocycles. The third kappa shape index (κ3) is 3.26. The van der Waals surface area contributed by atoms with Crippen molar-refractivity contribution in [2.24, 2.45) is 21.5 Å². The molecule has 1 aromatic carbocycles. The second-order valence-electron chi connectivity index (χ2n) is 5.22. The molecule has 114 valence electrons. The van der Waals surface area contributed by atoms with E-state index in [4.69, 9.17) is 11.5 Å². The lowest BCUT2D eigenvalue weighted by molar-refractivity contribution is -0.137. The number of halogens is 3. The van der Waals surface area contributed by atoms with Crippen LogP contribution in [0.15, 0.2) is 34.3 Å². The fraction of sp³-hybridized carbons (Fsp3) is 0.385. The predicted octanol–water partition coefficient (Wildman–Crippen LogP) is 1.89. The molecule has 0 saturated heterocycles. The monoisotopic (exact) mass is 299 g/mol. The van der Waals surface area contributed by atoms with Crippen molar-refractivity contribution in [3.63, 3.8) is 0 Å². The van der Waals surface area contributed by atoms with E-state index in [0.29, 0.717) is 5.56 Å². The van der Waals surface area contributed by atoms with Gasteiger partial charge in [-0.2, -0.15) is 18.2 Å². The molecule has 5 nitrogen and oxygen atoms in total. The van der Waals surface area contributed by atoms with Crippen LogP contribution in [0.5, 0.6) is 0 Å². The Morgan fingerprint density at radius 3 is 2.48 bits per heavy atom. The minimum atomic E-state index is -4.38. The van der Waals surface area contributed by atoms with Gasteiger partial charge in [-0.3, -0.25) is 0 Å². The first-order valence-electron chi connectivity index (χ1n) is 6.23. The van der Waals surface area contributed by atoms with Crippen molar-refractivity contribution in [3.05, 3.63) is 35.4 Å². The van der Waals surface area contributed by atoms with Gasteiger partial charge in [-0.25, -0.2) is 4.99 Å². The van der Waals surface area contributed by atoms with Crippen LogP contribution in [0.2, 0.25) is 0 Å². The Kier molecular flexibility index (Phi) is 3.56. The molecular weight excluding hydrogens is 283 g/mol. The summed E-state index contributed by atoms with van der Waals surface area (Å²) in [5, 5.41) is 0. The summed E-state index contributed by atoms with van der Waals surface area (Å²) in [5.74, 6) is 0.183. The van der Waals surface area contributed by atoms with Gasteiger partial charge >= 0.3 is 6.18 Å². The molecule has 0 saturated carbocycles. The molecule has 0 radical (unpaired) electrons. The summed E-state index contributed by atoms with van der Waals surface area (Å²) < 4.78 is 38.2. The van der Waals surface area contributed by atoms with Gasteiger partial charge in [0.15, 0.2) is 0 Å². The first-order valence-corrected chi connectivity index (χ1v) is 6.23. The second kappa shape index (κ2) is 4.94. The highest BCUT2D eigenvalue weighted by molar-refractivity contribution is 5.95. The van der Waals surface area contributed by atoms with Crippen LogP contribution in [0.3, 0.4) is 0 Å². The molecule has 0 amide bonds. The molecule has 4 N–H and O–H groups in total. The number of rotatable bonds is 2. The lowest BCUT2D eigenvalue weighted by atomic mass is 10.1.